The maximum atomic E-state index is 13.1. The smallest absolute Gasteiger partial charge is 0.339 e. The lowest BCUT2D eigenvalue weighted by Crippen LogP contribution is -2.11. The second-order valence-electron chi connectivity index (χ2n) is 8.10. The van der Waals surface area contributed by atoms with E-state index in [0.29, 0.717) is 11.1 Å². The summed E-state index contributed by atoms with van der Waals surface area (Å²) in [5.74, 6) is -1.73. The van der Waals surface area contributed by atoms with Crippen LogP contribution in [0.2, 0.25) is 0 Å². The Morgan fingerprint density at radius 1 is 0.579 bits per heavy atom. The number of hydrogen-bond donors (Lipinski definition) is 0. The monoisotopic (exact) mass is 512 g/mol. The zero-order chi connectivity index (χ0) is 27.1. The third-order valence-electron chi connectivity index (χ3n) is 5.58. The summed E-state index contributed by atoms with van der Waals surface area (Å²) in [5, 5.41) is 22.8. The van der Waals surface area contributed by atoms with E-state index < -0.39 is 21.8 Å². The molecular formula is C28H20N2O8. The number of carbonyl (C=O) groups is 2. The Hall–Kier alpha value is -5.38. The molecule has 0 bridgehead atoms. The van der Waals surface area contributed by atoms with Gasteiger partial charge in [-0.15, -0.1) is 0 Å². The second-order valence-corrected chi connectivity index (χ2v) is 8.10. The van der Waals surface area contributed by atoms with Gasteiger partial charge >= 0.3 is 11.9 Å². The Labute approximate surface area is 216 Å². The van der Waals surface area contributed by atoms with Crippen molar-refractivity contribution in [3.05, 3.63) is 140 Å². The molecule has 10 nitrogen and oxygen atoms in total. The van der Waals surface area contributed by atoms with Gasteiger partial charge in [-0.3, -0.25) is 20.2 Å². The quantitative estimate of drug-likeness (QED) is 0.154. The van der Waals surface area contributed by atoms with Gasteiger partial charge in [0.05, 0.1) is 21.0 Å². The molecule has 0 saturated carbocycles. The van der Waals surface area contributed by atoms with Gasteiger partial charge in [0, 0.05) is 24.3 Å². The molecule has 0 amide bonds. The predicted molar refractivity (Wildman–Crippen MR) is 136 cm³/mol. The molecule has 0 heterocycles. The fraction of sp³-hybridized carbons (Fsp3) is 0.0714. The Morgan fingerprint density at radius 3 is 1.29 bits per heavy atom. The van der Waals surface area contributed by atoms with Crippen LogP contribution in [0.5, 0.6) is 0 Å². The minimum atomic E-state index is -0.866. The molecule has 0 aliphatic carbocycles. The first kappa shape index (κ1) is 25.7. The fourth-order valence-corrected chi connectivity index (χ4v) is 3.70. The minimum absolute atomic E-state index is 0.0892. The Bertz CT molecular complexity index is 1390. The summed E-state index contributed by atoms with van der Waals surface area (Å²) in [6.45, 7) is -0.178. The Kier molecular flexibility index (Phi) is 7.83. The highest BCUT2D eigenvalue weighted by Gasteiger charge is 2.25. The molecule has 4 aromatic rings. The lowest BCUT2D eigenvalue weighted by Gasteiger charge is -2.14. The highest BCUT2D eigenvalue weighted by molar-refractivity contribution is 6.04. The topological polar surface area (TPSA) is 139 Å². The summed E-state index contributed by atoms with van der Waals surface area (Å²) in [6.07, 6.45) is 0. The molecule has 0 aromatic heterocycles. The van der Waals surface area contributed by atoms with Gasteiger partial charge in [-0.1, -0.05) is 60.7 Å². The van der Waals surface area contributed by atoms with E-state index in [1.807, 2.05) is 0 Å². The summed E-state index contributed by atoms with van der Waals surface area (Å²) >= 11 is 0. The first-order chi connectivity index (χ1) is 18.3. The number of non-ortho nitro benzene ring substituents is 2. The van der Waals surface area contributed by atoms with Crippen LogP contribution in [0, 0.1) is 20.2 Å². The fourth-order valence-electron chi connectivity index (χ4n) is 3.70. The van der Waals surface area contributed by atoms with Crippen molar-refractivity contribution in [1.82, 2.24) is 0 Å². The van der Waals surface area contributed by atoms with Crippen molar-refractivity contribution in [3.8, 4) is 11.1 Å². The second kappa shape index (κ2) is 11.6. The van der Waals surface area contributed by atoms with Crippen LogP contribution in [0.15, 0.2) is 97.1 Å². The molecule has 0 radical (unpaired) electrons. The molecule has 0 atom stereocenters. The first-order valence-electron chi connectivity index (χ1n) is 11.3. The van der Waals surface area contributed by atoms with E-state index >= 15 is 0 Å². The normalized spacial score (nSPS) is 10.4. The molecular weight excluding hydrogens is 492 g/mol. The van der Waals surface area contributed by atoms with Crippen LogP contribution < -0.4 is 0 Å². The van der Waals surface area contributed by atoms with Gasteiger partial charge in [-0.2, -0.15) is 0 Å². The van der Waals surface area contributed by atoms with E-state index in [2.05, 4.69) is 0 Å². The Morgan fingerprint density at radius 2 is 0.947 bits per heavy atom. The highest BCUT2D eigenvalue weighted by atomic mass is 16.6. The van der Waals surface area contributed by atoms with Gasteiger partial charge in [0.15, 0.2) is 0 Å². The van der Waals surface area contributed by atoms with Crippen molar-refractivity contribution >= 4 is 23.3 Å². The minimum Gasteiger partial charge on any atom is -0.457 e. The molecule has 0 spiro atoms. The predicted octanol–water partition coefficient (Wildman–Crippen LogP) is 5.88. The van der Waals surface area contributed by atoms with Gasteiger partial charge in [0.2, 0.25) is 0 Å². The average Bonchev–Trinajstić information content (AvgIpc) is 2.95. The zero-order valence-electron chi connectivity index (χ0n) is 19.8. The average molecular weight is 512 g/mol. The number of ether oxygens (including phenoxy) is 2. The molecule has 0 aliphatic rings. The van der Waals surface area contributed by atoms with Gasteiger partial charge in [0.1, 0.15) is 13.2 Å². The lowest BCUT2D eigenvalue weighted by atomic mass is 9.94. The van der Waals surface area contributed by atoms with Gasteiger partial charge < -0.3 is 9.47 Å². The molecule has 10 heteroatoms. The third-order valence-corrected chi connectivity index (χ3v) is 5.58. The lowest BCUT2D eigenvalue weighted by molar-refractivity contribution is -0.385. The van der Waals surface area contributed by atoms with Crippen molar-refractivity contribution in [2.75, 3.05) is 0 Å². The van der Waals surface area contributed by atoms with E-state index in [1.165, 1.54) is 24.3 Å². The van der Waals surface area contributed by atoms with Crippen LogP contribution in [-0.4, -0.2) is 21.8 Å². The number of benzene rings is 4. The summed E-state index contributed by atoms with van der Waals surface area (Å²) in [4.78, 5) is 47.7. The highest BCUT2D eigenvalue weighted by Crippen LogP contribution is 2.33. The number of hydrogen-bond acceptors (Lipinski definition) is 8. The van der Waals surface area contributed by atoms with Crippen LogP contribution in [0.1, 0.15) is 31.8 Å². The summed E-state index contributed by atoms with van der Waals surface area (Å²) in [6, 6.07) is 24.7. The molecule has 190 valence electrons. The van der Waals surface area contributed by atoms with Gasteiger partial charge in [-0.25, -0.2) is 9.59 Å². The van der Waals surface area contributed by atoms with Gasteiger partial charge in [-0.05, 0) is 34.4 Å². The van der Waals surface area contributed by atoms with Crippen molar-refractivity contribution < 1.29 is 28.9 Å². The van der Waals surface area contributed by atoms with Crippen molar-refractivity contribution in [2.24, 2.45) is 0 Å². The van der Waals surface area contributed by atoms with Crippen molar-refractivity contribution in [2.45, 2.75) is 13.2 Å². The largest absolute Gasteiger partial charge is 0.457 e. The zero-order valence-corrected chi connectivity index (χ0v) is 19.8. The molecule has 0 saturated heterocycles. The van der Waals surface area contributed by atoms with E-state index in [9.17, 15) is 29.8 Å². The maximum absolute atomic E-state index is 13.1. The first-order valence-corrected chi connectivity index (χ1v) is 11.3. The number of carbonyl (C=O) groups excluding carboxylic acids is 2. The van der Waals surface area contributed by atoms with Crippen LogP contribution in [-0.2, 0) is 22.7 Å². The van der Waals surface area contributed by atoms with E-state index in [-0.39, 0.29) is 46.8 Å². The number of nitro groups is 2. The summed E-state index contributed by atoms with van der Waals surface area (Å²) in [7, 11) is 0. The van der Waals surface area contributed by atoms with Crippen LogP contribution in [0.25, 0.3) is 11.1 Å². The standard InChI is InChI=1S/C28H20N2O8/c31-27(37-17-19-7-3-1-4-8-19)25-15-21(29(33)34)11-13-23(25)24-14-12-22(30(35)36)16-26(24)28(32)38-18-20-9-5-2-6-10-20/h1-16H,17-18H2. The summed E-state index contributed by atoms with van der Waals surface area (Å²) < 4.78 is 10.8. The molecule has 0 aliphatic heterocycles. The van der Waals surface area contributed by atoms with Crippen LogP contribution >= 0.6 is 0 Å². The SMILES string of the molecule is O=C(OCc1ccccc1)c1cc([N+](=O)[O-])ccc1-c1ccc([N+](=O)[O-])cc1C(=O)OCc1ccccc1. The van der Waals surface area contributed by atoms with Crippen LogP contribution in [0.3, 0.4) is 0 Å². The summed E-state index contributed by atoms with van der Waals surface area (Å²) in [5.41, 5.74) is 0.556. The molecule has 4 rings (SSSR count). The molecule has 4 aromatic carbocycles. The molecule has 0 fully saturated rings. The van der Waals surface area contributed by atoms with Gasteiger partial charge in [0.25, 0.3) is 11.4 Å². The van der Waals surface area contributed by atoms with E-state index in [0.717, 1.165) is 12.1 Å². The third kappa shape index (κ3) is 6.05. The van der Waals surface area contributed by atoms with E-state index in [4.69, 9.17) is 9.47 Å². The molecule has 38 heavy (non-hydrogen) atoms. The van der Waals surface area contributed by atoms with Crippen LogP contribution in [0.4, 0.5) is 11.4 Å². The molecule has 0 N–H and O–H groups in total. The van der Waals surface area contributed by atoms with E-state index in [1.54, 1.807) is 60.7 Å². The number of esters is 2. The maximum Gasteiger partial charge on any atom is 0.339 e. The number of nitrogens with zero attached hydrogens (tertiary/aromatic N) is 2. The Balaban J connectivity index is 1.74. The number of nitro benzene ring substituents is 2. The van der Waals surface area contributed by atoms with Crippen molar-refractivity contribution in [1.29, 1.82) is 0 Å². The number of rotatable bonds is 9. The molecule has 0 unspecified atom stereocenters. The van der Waals surface area contributed by atoms with Crippen molar-refractivity contribution in [3.63, 3.8) is 0 Å².